The number of hydrogen-bond donors (Lipinski definition) is 2. The maximum Gasteiger partial charge on any atom is 0.340 e. The molecule has 0 fully saturated rings. The van der Waals surface area contributed by atoms with Gasteiger partial charge in [-0.25, -0.2) is 14.5 Å². The summed E-state index contributed by atoms with van der Waals surface area (Å²) in [6, 6.07) is 5.14. The first-order chi connectivity index (χ1) is 14.8. The second-order valence-corrected chi connectivity index (χ2v) is 8.40. The van der Waals surface area contributed by atoms with Crippen molar-refractivity contribution < 1.29 is 19.1 Å². The fourth-order valence-electron chi connectivity index (χ4n) is 3.62. The van der Waals surface area contributed by atoms with Gasteiger partial charge in [0.15, 0.2) is 12.4 Å². The Balaban J connectivity index is 1.37. The first-order valence-corrected chi connectivity index (χ1v) is 10.6. The van der Waals surface area contributed by atoms with E-state index in [-0.39, 0.29) is 5.56 Å². The number of aryl methyl sites for hydroxylation is 3. The number of nitrogens with one attached hydrogen (secondary N) is 1. The number of thiophene rings is 1. The van der Waals surface area contributed by atoms with E-state index in [9.17, 15) is 14.4 Å². The molecule has 0 saturated carbocycles. The Kier molecular flexibility index (Phi) is 5.55. The molecule has 9 nitrogen and oxygen atoms in total. The van der Waals surface area contributed by atoms with Crippen molar-refractivity contribution in [1.29, 1.82) is 0 Å². The van der Waals surface area contributed by atoms with Gasteiger partial charge in [0.05, 0.1) is 16.8 Å². The summed E-state index contributed by atoms with van der Waals surface area (Å²) >= 11 is 1.35. The lowest BCUT2D eigenvalue weighted by Gasteiger charge is -2.08. The molecule has 0 spiro atoms. The van der Waals surface area contributed by atoms with Gasteiger partial charge in [0.25, 0.3) is 11.8 Å². The first kappa shape index (κ1) is 20.7. The highest BCUT2D eigenvalue weighted by molar-refractivity contribution is 7.17. The van der Waals surface area contributed by atoms with Crippen molar-refractivity contribution in [3.63, 3.8) is 0 Å². The normalized spacial score (nSPS) is 12.5. The Bertz CT molecular complexity index is 1180. The zero-order valence-electron chi connectivity index (χ0n) is 17.1. The Morgan fingerprint density at radius 3 is 2.71 bits per heavy atom. The molecule has 0 saturated heterocycles. The van der Waals surface area contributed by atoms with Crippen LogP contribution in [0.1, 0.15) is 49.0 Å². The summed E-state index contributed by atoms with van der Waals surface area (Å²) in [4.78, 5) is 41.7. The Morgan fingerprint density at radius 1 is 1.26 bits per heavy atom. The molecule has 0 bridgehead atoms. The summed E-state index contributed by atoms with van der Waals surface area (Å²) in [7, 11) is 0. The topological polar surface area (TPSA) is 129 Å². The Labute approximate surface area is 182 Å². The number of nitrogens with zero attached hydrogens (tertiary/aromatic N) is 3. The van der Waals surface area contributed by atoms with Crippen molar-refractivity contribution in [2.75, 3.05) is 11.9 Å². The quantitative estimate of drug-likeness (QED) is 0.567. The van der Waals surface area contributed by atoms with E-state index in [0.717, 1.165) is 41.1 Å². The molecule has 3 N–H and O–H groups in total. The van der Waals surface area contributed by atoms with Crippen molar-refractivity contribution in [2.45, 2.75) is 33.1 Å². The van der Waals surface area contributed by atoms with E-state index in [4.69, 9.17) is 10.5 Å². The van der Waals surface area contributed by atoms with Crippen molar-refractivity contribution in [3.8, 4) is 5.82 Å². The van der Waals surface area contributed by atoms with E-state index in [1.807, 2.05) is 19.9 Å². The zero-order chi connectivity index (χ0) is 22.1. The molecule has 0 aromatic carbocycles. The minimum absolute atomic E-state index is 0.214. The molecule has 3 heterocycles. The van der Waals surface area contributed by atoms with Gasteiger partial charge < -0.3 is 15.8 Å². The van der Waals surface area contributed by atoms with Crippen LogP contribution in [0.3, 0.4) is 0 Å². The van der Waals surface area contributed by atoms with Gasteiger partial charge in [-0.15, -0.1) is 11.3 Å². The lowest BCUT2D eigenvalue weighted by molar-refractivity contribution is -0.119. The SMILES string of the molecule is Cc1cc(C)n(-c2ccc(C(=O)OCC(=O)Nc3sc4c(c3C(N)=O)CCC4)cn2)n1. The largest absolute Gasteiger partial charge is 0.452 e. The predicted molar refractivity (Wildman–Crippen MR) is 115 cm³/mol. The van der Waals surface area contributed by atoms with Gasteiger partial charge in [0, 0.05) is 16.8 Å². The maximum atomic E-state index is 12.3. The molecule has 0 radical (unpaired) electrons. The summed E-state index contributed by atoms with van der Waals surface area (Å²) in [5.41, 5.74) is 8.77. The van der Waals surface area contributed by atoms with Crippen molar-refractivity contribution in [1.82, 2.24) is 14.8 Å². The fraction of sp³-hybridized carbons (Fsp3) is 0.286. The number of pyridine rings is 1. The smallest absolute Gasteiger partial charge is 0.340 e. The zero-order valence-corrected chi connectivity index (χ0v) is 17.9. The second kappa shape index (κ2) is 8.31. The minimum atomic E-state index is -0.675. The number of amides is 2. The highest BCUT2D eigenvalue weighted by atomic mass is 32.1. The van der Waals surface area contributed by atoms with Gasteiger partial charge in [-0.3, -0.25) is 9.59 Å². The van der Waals surface area contributed by atoms with Crippen LogP contribution in [0, 0.1) is 13.8 Å². The van der Waals surface area contributed by atoms with Crippen LogP contribution in [0.4, 0.5) is 5.00 Å². The third-order valence-electron chi connectivity index (χ3n) is 4.97. The molecular formula is C21H21N5O4S. The number of aromatic nitrogens is 3. The highest BCUT2D eigenvalue weighted by Gasteiger charge is 2.26. The van der Waals surface area contributed by atoms with Crippen LogP contribution in [0.2, 0.25) is 0 Å². The van der Waals surface area contributed by atoms with Gasteiger partial charge >= 0.3 is 5.97 Å². The van der Waals surface area contributed by atoms with Crippen molar-refractivity contribution >= 4 is 34.1 Å². The number of nitrogens with two attached hydrogens (primary N) is 1. The summed E-state index contributed by atoms with van der Waals surface area (Å²) < 4.78 is 6.76. The number of primary amides is 1. The Hall–Kier alpha value is -3.53. The number of anilines is 1. The van der Waals surface area contributed by atoms with Gasteiger partial charge in [-0.2, -0.15) is 5.10 Å². The summed E-state index contributed by atoms with van der Waals surface area (Å²) in [5, 5.41) is 7.40. The van der Waals surface area contributed by atoms with E-state index < -0.39 is 24.4 Å². The van der Waals surface area contributed by atoms with E-state index in [1.165, 1.54) is 17.5 Å². The molecule has 2 amide bonds. The molecule has 4 rings (SSSR count). The molecule has 0 atom stereocenters. The van der Waals surface area contributed by atoms with Gasteiger partial charge in [-0.05, 0) is 56.9 Å². The molecule has 3 aromatic rings. The van der Waals surface area contributed by atoms with Crippen LogP contribution >= 0.6 is 11.3 Å². The van der Waals surface area contributed by atoms with Crippen LogP contribution in [-0.4, -0.2) is 39.2 Å². The monoisotopic (exact) mass is 439 g/mol. The van der Waals surface area contributed by atoms with Gasteiger partial charge in [-0.1, -0.05) is 0 Å². The molecule has 0 unspecified atom stereocenters. The molecule has 0 aliphatic heterocycles. The second-order valence-electron chi connectivity index (χ2n) is 7.29. The summed E-state index contributed by atoms with van der Waals surface area (Å²) in [6.07, 6.45) is 3.99. The van der Waals surface area contributed by atoms with Crippen LogP contribution in [0.25, 0.3) is 5.82 Å². The maximum absolute atomic E-state index is 12.3. The molecular weight excluding hydrogens is 418 g/mol. The van der Waals surface area contributed by atoms with E-state index in [2.05, 4.69) is 15.4 Å². The van der Waals surface area contributed by atoms with Crippen LogP contribution in [0.5, 0.6) is 0 Å². The van der Waals surface area contributed by atoms with E-state index >= 15 is 0 Å². The third kappa shape index (κ3) is 4.19. The first-order valence-electron chi connectivity index (χ1n) is 9.74. The minimum Gasteiger partial charge on any atom is -0.452 e. The van der Waals surface area contributed by atoms with Gasteiger partial charge in [0.1, 0.15) is 5.00 Å². The number of hydrogen-bond acceptors (Lipinski definition) is 7. The predicted octanol–water partition coefficient (Wildman–Crippen LogP) is 2.33. The number of esters is 1. The van der Waals surface area contributed by atoms with Crippen LogP contribution in [-0.2, 0) is 22.4 Å². The van der Waals surface area contributed by atoms with Crippen molar-refractivity contribution in [3.05, 3.63) is 57.4 Å². The molecule has 31 heavy (non-hydrogen) atoms. The number of rotatable bonds is 6. The van der Waals surface area contributed by atoms with Crippen molar-refractivity contribution in [2.24, 2.45) is 5.73 Å². The van der Waals surface area contributed by atoms with E-state index in [1.54, 1.807) is 16.8 Å². The number of carbonyl (C=O) groups is 3. The lowest BCUT2D eigenvalue weighted by Crippen LogP contribution is -2.22. The fourth-order valence-corrected chi connectivity index (χ4v) is 4.93. The third-order valence-corrected chi connectivity index (χ3v) is 6.17. The molecule has 160 valence electrons. The van der Waals surface area contributed by atoms with Crippen LogP contribution < -0.4 is 11.1 Å². The highest BCUT2D eigenvalue weighted by Crippen LogP contribution is 2.38. The summed E-state index contributed by atoms with van der Waals surface area (Å²) in [5.74, 6) is -1.21. The Morgan fingerprint density at radius 2 is 2.06 bits per heavy atom. The summed E-state index contributed by atoms with van der Waals surface area (Å²) in [6.45, 7) is 3.31. The lowest BCUT2D eigenvalue weighted by atomic mass is 10.1. The standard InChI is InChI=1S/C21H21N5O4S/c1-11-8-12(2)26(25-11)16-7-6-13(9-23-16)21(29)30-10-17(27)24-20-18(19(22)28)14-4-3-5-15(14)31-20/h6-9H,3-5,10H2,1-2H3,(H2,22,28)(H,24,27). The molecule has 1 aliphatic carbocycles. The molecule has 1 aliphatic rings. The average Bonchev–Trinajstić information content (AvgIpc) is 3.40. The number of fused-ring (bicyclic) bond motifs is 1. The van der Waals surface area contributed by atoms with Crippen LogP contribution in [0.15, 0.2) is 24.4 Å². The molecule has 3 aromatic heterocycles. The average molecular weight is 439 g/mol. The van der Waals surface area contributed by atoms with E-state index in [0.29, 0.717) is 16.4 Å². The number of ether oxygens (including phenoxy) is 1. The molecule has 10 heteroatoms. The number of carbonyl (C=O) groups excluding carboxylic acids is 3. The van der Waals surface area contributed by atoms with Gasteiger partial charge in [0.2, 0.25) is 0 Å².